The number of hydrogen-bond acceptors (Lipinski definition) is 7. The fraction of sp³-hybridized carbons (Fsp3) is 0.600. The van der Waals surface area contributed by atoms with Crippen LogP contribution in [0.25, 0.3) is 0 Å². The molecule has 0 bridgehead atoms. The van der Waals surface area contributed by atoms with Crippen LogP contribution >= 0.6 is 7.60 Å². The molecule has 0 saturated carbocycles. The van der Waals surface area contributed by atoms with Crippen molar-refractivity contribution in [3.8, 4) is 0 Å². The predicted octanol–water partition coefficient (Wildman–Crippen LogP) is -2.01. The van der Waals surface area contributed by atoms with Crippen molar-refractivity contribution in [1.82, 2.24) is 9.55 Å². The van der Waals surface area contributed by atoms with Gasteiger partial charge >= 0.3 is 13.3 Å². The van der Waals surface area contributed by atoms with E-state index in [9.17, 15) is 24.4 Å². The standard InChI is InChI=1S/C10H15N2O8P/c1-21(17,18)19-4-5-7(14)8(15)9(20-5)12-3-2-6(13)11-10(12)16/h2-3,5,7-9,14-15H,4H2,1H3,(H,17,18)(H,11,13,16)/t5-,7-,8-,9-/m1/s1. The van der Waals surface area contributed by atoms with Crippen LogP contribution in [0.2, 0.25) is 0 Å². The van der Waals surface area contributed by atoms with E-state index >= 15 is 0 Å². The Balaban J connectivity index is 2.18. The first-order chi connectivity index (χ1) is 9.69. The number of nitrogens with zero attached hydrogens (tertiary/aromatic N) is 1. The number of aromatic nitrogens is 2. The first kappa shape index (κ1) is 16.1. The van der Waals surface area contributed by atoms with Crippen molar-refractivity contribution in [3.63, 3.8) is 0 Å². The summed E-state index contributed by atoms with van der Waals surface area (Å²) in [6.07, 6.45) is -4.10. The third-order valence-electron chi connectivity index (χ3n) is 2.94. The molecule has 5 atom stereocenters. The lowest BCUT2D eigenvalue weighted by Crippen LogP contribution is -2.37. The monoisotopic (exact) mass is 322 g/mol. The fourth-order valence-corrected chi connectivity index (χ4v) is 2.36. The van der Waals surface area contributed by atoms with Gasteiger partial charge < -0.3 is 24.4 Å². The highest BCUT2D eigenvalue weighted by atomic mass is 31.2. The van der Waals surface area contributed by atoms with Crippen LogP contribution in [-0.4, -0.2) is 56.2 Å². The van der Waals surface area contributed by atoms with E-state index in [1.807, 2.05) is 4.98 Å². The Labute approximate surface area is 118 Å². The minimum atomic E-state index is -3.76. The van der Waals surface area contributed by atoms with E-state index in [2.05, 4.69) is 4.52 Å². The van der Waals surface area contributed by atoms with Gasteiger partial charge in [-0.3, -0.25) is 18.9 Å². The Hall–Kier alpha value is -1.29. The maximum Gasteiger partial charge on any atom is 0.330 e. The molecule has 1 fully saturated rings. The number of H-pyrrole nitrogens is 1. The Morgan fingerprint density at radius 2 is 2.10 bits per heavy atom. The molecule has 0 spiro atoms. The highest BCUT2D eigenvalue weighted by Gasteiger charge is 2.44. The molecule has 21 heavy (non-hydrogen) atoms. The van der Waals surface area contributed by atoms with Crippen molar-refractivity contribution in [1.29, 1.82) is 0 Å². The third-order valence-corrected chi connectivity index (χ3v) is 3.57. The van der Waals surface area contributed by atoms with Gasteiger partial charge in [-0.05, 0) is 0 Å². The largest absolute Gasteiger partial charge is 0.387 e. The van der Waals surface area contributed by atoms with Crippen molar-refractivity contribution >= 4 is 7.60 Å². The number of rotatable bonds is 4. The van der Waals surface area contributed by atoms with Gasteiger partial charge in [0, 0.05) is 18.9 Å². The highest BCUT2D eigenvalue weighted by Crippen LogP contribution is 2.38. The second-order valence-electron chi connectivity index (χ2n) is 4.66. The second-order valence-corrected chi connectivity index (χ2v) is 6.53. The average molecular weight is 322 g/mol. The van der Waals surface area contributed by atoms with Crippen LogP contribution in [0.1, 0.15) is 6.23 Å². The summed E-state index contributed by atoms with van der Waals surface area (Å²) in [4.78, 5) is 33.6. The Kier molecular flexibility index (Phi) is 4.47. The quantitative estimate of drug-likeness (QED) is 0.464. The van der Waals surface area contributed by atoms with Gasteiger partial charge in [-0.25, -0.2) is 4.79 Å². The van der Waals surface area contributed by atoms with E-state index in [1.165, 1.54) is 0 Å². The normalized spacial score (nSPS) is 32.0. The Morgan fingerprint density at radius 1 is 1.43 bits per heavy atom. The number of aliphatic hydroxyl groups excluding tert-OH is 2. The minimum absolute atomic E-state index is 0.433. The summed E-state index contributed by atoms with van der Waals surface area (Å²) < 4.78 is 21.9. The van der Waals surface area contributed by atoms with E-state index in [4.69, 9.17) is 9.63 Å². The van der Waals surface area contributed by atoms with Crippen molar-refractivity contribution in [3.05, 3.63) is 33.1 Å². The topological polar surface area (TPSA) is 151 Å². The van der Waals surface area contributed by atoms with Crippen LogP contribution in [0, 0.1) is 0 Å². The molecule has 1 aliphatic heterocycles. The highest BCUT2D eigenvalue weighted by molar-refractivity contribution is 7.51. The van der Waals surface area contributed by atoms with E-state index in [0.29, 0.717) is 0 Å². The maximum absolute atomic E-state index is 11.6. The molecule has 1 unspecified atom stereocenters. The summed E-state index contributed by atoms with van der Waals surface area (Å²) in [6.45, 7) is 0.534. The molecule has 0 amide bonds. The van der Waals surface area contributed by atoms with Crippen LogP contribution < -0.4 is 11.2 Å². The SMILES string of the molecule is CP(=O)(O)OC[C@H]1O[C@@H](n2ccc(=O)[nH]c2=O)[C@H](O)[C@@H]1O. The summed E-state index contributed by atoms with van der Waals surface area (Å²) in [5.41, 5.74) is -1.43. The van der Waals surface area contributed by atoms with Gasteiger partial charge in [0.05, 0.1) is 6.61 Å². The van der Waals surface area contributed by atoms with E-state index in [-0.39, 0.29) is 0 Å². The molecule has 4 N–H and O–H groups in total. The zero-order valence-electron chi connectivity index (χ0n) is 10.9. The van der Waals surface area contributed by atoms with E-state index < -0.39 is 50.0 Å². The molecule has 0 radical (unpaired) electrons. The number of aromatic amines is 1. The molecule has 10 nitrogen and oxygen atoms in total. The summed E-state index contributed by atoms with van der Waals surface area (Å²) in [6, 6.07) is 1.06. The molecule has 118 valence electrons. The van der Waals surface area contributed by atoms with Gasteiger partial charge in [0.2, 0.25) is 0 Å². The lowest BCUT2D eigenvalue weighted by atomic mass is 10.1. The van der Waals surface area contributed by atoms with Crippen molar-refractivity contribution in [2.45, 2.75) is 24.5 Å². The van der Waals surface area contributed by atoms with Crippen LogP contribution in [-0.2, 0) is 13.8 Å². The zero-order chi connectivity index (χ0) is 15.8. The van der Waals surface area contributed by atoms with Crippen LogP contribution in [0.4, 0.5) is 0 Å². The zero-order valence-corrected chi connectivity index (χ0v) is 11.8. The molecule has 1 saturated heterocycles. The molecule has 11 heteroatoms. The number of nitrogens with one attached hydrogen (secondary N) is 1. The summed E-state index contributed by atoms with van der Waals surface area (Å²) in [5, 5.41) is 19.7. The number of ether oxygens (including phenoxy) is 1. The lowest BCUT2D eigenvalue weighted by molar-refractivity contribution is -0.0523. The van der Waals surface area contributed by atoms with Gasteiger partial charge in [-0.15, -0.1) is 0 Å². The van der Waals surface area contributed by atoms with Crippen LogP contribution in [0.15, 0.2) is 21.9 Å². The van der Waals surface area contributed by atoms with Gasteiger partial charge in [-0.2, -0.15) is 0 Å². The van der Waals surface area contributed by atoms with Crippen LogP contribution in [0.5, 0.6) is 0 Å². The summed E-state index contributed by atoms with van der Waals surface area (Å²) in [5.74, 6) is 0. The van der Waals surface area contributed by atoms with Crippen molar-refractivity contribution in [2.24, 2.45) is 0 Å². The molecule has 1 aromatic heterocycles. The predicted molar refractivity (Wildman–Crippen MR) is 68.9 cm³/mol. The van der Waals surface area contributed by atoms with Gasteiger partial charge in [0.25, 0.3) is 5.56 Å². The molecule has 1 aromatic rings. The molecule has 0 aromatic carbocycles. The van der Waals surface area contributed by atoms with Gasteiger partial charge in [0.1, 0.15) is 18.3 Å². The number of hydrogen-bond donors (Lipinski definition) is 4. The van der Waals surface area contributed by atoms with Gasteiger partial charge in [-0.1, -0.05) is 0 Å². The molecule has 0 aliphatic carbocycles. The fourth-order valence-electron chi connectivity index (χ4n) is 1.94. The Bertz CT molecular complexity index is 664. The smallest absolute Gasteiger partial charge is 0.330 e. The molecular formula is C10H15N2O8P. The molecule has 1 aliphatic rings. The molecule has 2 rings (SSSR count). The first-order valence-electron chi connectivity index (χ1n) is 5.97. The van der Waals surface area contributed by atoms with E-state index in [1.54, 1.807) is 0 Å². The molecular weight excluding hydrogens is 307 g/mol. The van der Waals surface area contributed by atoms with Crippen molar-refractivity contribution in [2.75, 3.05) is 13.3 Å². The van der Waals surface area contributed by atoms with Crippen LogP contribution in [0.3, 0.4) is 0 Å². The summed E-state index contributed by atoms with van der Waals surface area (Å²) >= 11 is 0. The van der Waals surface area contributed by atoms with Crippen molar-refractivity contribution < 1.29 is 28.9 Å². The number of aliphatic hydroxyl groups is 2. The lowest BCUT2D eigenvalue weighted by Gasteiger charge is -2.16. The first-order valence-corrected chi connectivity index (χ1v) is 7.99. The minimum Gasteiger partial charge on any atom is -0.387 e. The third kappa shape index (κ3) is 3.67. The molecule has 2 heterocycles. The Morgan fingerprint density at radius 3 is 2.67 bits per heavy atom. The van der Waals surface area contributed by atoms with E-state index in [0.717, 1.165) is 23.5 Å². The second kappa shape index (κ2) is 5.84. The maximum atomic E-state index is 11.6. The average Bonchev–Trinajstić information content (AvgIpc) is 2.64. The summed E-state index contributed by atoms with van der Waals surface area (Å²) in [7, 11) is -3.76. The van der Waals surface area contributed by atoms with Gasteiger partial charge in [0.15, 0.2) is 6.23 Å².